The van der Waals surface area contributed by atoms with E-state index >= 15 is 0 Å². The molecule has 0 aliphatic rings. The van der Waals surface area contributed by atoms with E-state index in [2.05, 4.69) is 20.4 Å². The third-order valence-electron chi connectivity index (χ3n) is 5.01. The highest BCUT2D eigenvalue weighted by atomic mass is 19.4. The Bertz CT molecular complexity index is 1360. The molecule has 0 fully saturated rings. The predicted molar refractivity (Wildman–Crippen MR) is 119 cm³/mol. The maximum Gasteiger partial charge on any atom is 0.417 e. The predicted octanol–water partition coefficient (Wildman–Crippen LogP) is 3.10. The number of benzene rings is 1. The second-order valence-electron chi connectivity index (χ2n) is 7.56. The summed E-state index contributed by atoms with van der Waals surface area (Å²) in [6.07, 6.45) is -2.93. The van der Waals surface area contributed by atoms with Gasteiger partial charge in [0.05, 0.1) is 35.4 Å². The topological polar surface area (TPSA) is 122 Å². The molecule has 1 amide bonds. The summed E-state index contributed by atoms with van der Waals surface area (Å²) >= 11 is 0. The quantitative estimate of drug-likeness (QED) is 0.366. The number of aryl methyl sites for hydroxylation is 1. The summed E-state index contributed by atoms with van der Waals surface area (Å²) < 4.78 is 47.8. The number of nitrogens with one attached hydrogen (secondary N) is 1. The van der Waals surface area contributed by atoms with Gasteiger partial charge in [0.2, 0.25) is 0 Å². The van der Waals surface area contributed by atoms with Crippen molar-refractivity contribution in [1.29, 1.82) is 0 Å². The van der Waals surface area contributed by atoms with E-state index in [-0.39, 0.29) is 40.6 Å². The molecule has 0 aliphatic heterocycles. The van der Waals surface area contributed by atoms with Crippen LogP contribution in [-0.2, 0) is 6.18 Å². The van der Waals surface area contributed by atoms with Crippen molar-refractivity contribution in [2.75, 3.05) is 18.5 Å². The molecular weight excluding hydrogens is 467 g/mol. The minimum Gasteiger partial charge on any atom is -0.487 e. The molecule has 182 valence electrons. The number of hydrogen-bond acceptors (Lipinski definition) is 7. The van der Waals surface area contributed by atoms with Gasteiger partial charge < -0.3 is 20.3 Å². The number of anilines is 1. The molecule has 0 aliphatic carbocycles. The fourth-order valence-electron chi connectivity index (χ4n) is 3.42. The molecule has 4 aromatic rings. The number of fused-ring (bicyclic) bond motifs is 1. The molecule has 1 atom stereocenters. The van der Waals surface area contributed by atoms with Crippen molar-refractivity contribution in [3.8, 4) is 17.0 Å². The largest absolute Gasteiger partial charge is 0.487 e. The third kappa shape index (κ3) is 5.08. The van der Waals surface area contributed by atoms with Gasteiger partial charge in [-0.25, -0.2) is 9.50 Å². The van der Waals surface area contributed by atoms with E-state index in [0.717, 1.165) is 10.6 Å². The summed E-state index contributed by atoms with van der Waals surface area (Å²) in [5, 5.41) is 25.8. The zero-order valence-electron chi connectivity index (χ0n) is 18.3. The number of aromatic nitrogens is 4. The zero-order chi connectivity index (χ0) is 25.2. The van der Waals surface area contributed by atoms with Gasteiger partial charge in [0.25, 0.3) is 5.91 Å². The number of halogens is 3. The van der Waals surface area contributed by atoms with Gasteiger partial charge in [-0.1, -0.05) is 18.2 Å². The molecule has 1 aromatic carbocycles. The molecule has 3 aromatic heterocycles. The first-order chi connectivity index (χ1) is 16.7. The Labute approximate surface area is 196 Å². The number of hydrogen-bond donors (Lipinski definition) is 3. The Morgan fingerprint density at radius 1 is 1.23 bits per heavy atom. The van der Waals surface area contributed by atoms with Crippen LogP contribution in [0.15, 0.2) is 54.9 Å². The molecule has 3 N–H and O–H groups in total. The van der Waals surface area contributed by atoms with Gasteiger partial charge in [-0.05, 0) is 25.1 Å². The fourth-order valence-corrected chi connectivity index (χ4v) is 3.42. The van der Waals surface area contributed by atoms with Gasteiger partial charge in [-0.2, -0.15) is 18.3 Å². The lowest BCUT2D eigenvalue weighted by molar-refractivity contribution is -0.137. The van der Waals surface area contributed by atoms with Crippen molar-refractivity contribution in [2.24, 2.45) is 0 Å². The van der Waals surface area contributed by atoms with Gasteiger partial charge in [0, 0.05) is 17.8 Å². The van der Waals surface area contributed by atoms with Crippen LogP contribution in [0.1, 0.15) is 21.7 Å². The first kappa shape index (κ1) is 24.1. The zero-order valence-corrected chi connectivity index (χ0v) is 18.3. The Balaban J connectivity index is 1.89. The van der Waals surface area contributed by atoms with Crippen molar-refractivity contribution in [3.63, 3.8) is 0 Å². The molecule has 0 unspecified atom stereocenters. The summed E-state index contributed by atoms with van der Waals surface area (Å²) in [5.41, 5.74) is -0.627. The lowest BCUT2D eigenvalue weighted by Gasteiger charge is -2.15. The average molecular weight is 487 g/mol. The molecule has 35 heavy (non-hydrogen) atoms. The lowest BCUT2D eigenvalue weighted by atomic mass is 10.0. The standard InChI is InChI=1S/C23H20F3N5O4/c1-13-20(22(34)29-14-5-4-8-27-10-14)31-21(28-13)19(35-12-15(33)11-32)9-18(30-31)16-6-2-3-7-17(16)23(24,25)26/h2-10,15,32-33H,11-12H2,1H3,(H,29,34)/t15-/m1/s1. The number of carbonyl (C=O) groups is 1. The van der Waals surface area contributed by atoms with Gasteiger partial charge in [0.15, 0.2) is 17.1 Å². The molecule has 0 saturated heterocycles. The smallest absolute Gasteiger partial charge is 0.417 e. The number of ether oxygens (including phenoxy) is 1. The van der Waals surface area contributed by atoms with E-state index in [1.165, 1.54) is 36.7 Å². The van der Waals surface area contributed by atoms with E-state index in [4.69, 9.17) is 9.84 Å². The van der Waals surface area contributed by atoms with Crippen LogP contribution < -0.4 is 10.1 Å². The Morgan fingerprint density at radius 2 is 2.00 bits per heavy atom. The van der Waals surface area contributed by atoms with E-state index in [9.17, 15) is 23.1 Å². The summed E-state index contributed by atoms with van der Waals surface area (Å²) in [6.45, 7) is 0.597. The van der Waals surface area contributed by atoms with Gasteiger partial charge in [-0.3, -0.25) is 9.78 Å². The van der Waals surface area contributed by atoms with E-state index in [1.807, 2.05) is 0 Å². The normalized spacial score (nSPS) is 12.5. The number of alkyl halides is 3. The highest BCUT2D eigenvalue weighted by Gasteiger charge is 2.34. The monoisotopic (exact) mass is 487 g/mol. The minimum absolute atomic E-state index is 0.0250. The van der Waals surface area contributed by atoms with Crippen molar-refractivity contribution < 1.29 is 32.9 Å². The number of pyridine rings is 1. The third-order valence-corrected chi connectivity index (χ3v) is 5.01. The maximum absolute atomic E-state index is 13.7. The summed E-state index contributed by atoms with van der Waals surface area (Å²) in [7, 11) is 0. The van der Waals surface area contributed by atoms with Crippen molar-refractivity contribution in [1.82, 2.24) is 19.6 Å². The average Bonchev–Trinajstić information content (AvgIpc) is 3.18. The minimum atomic E-state index is -4.66. The highest BCUT2D eigenvalue weighted by molar-refractivity contribution is 6.04. The molecule has 4 rings (SSSR count). The first-order valence-electron chi connectivity index (χ1n) is 10.4. The first-order valence-corrected chi connectivity index (χ1v) is 10.4. The van der Waals surface area contributed by atoms with Crippen LogP contribution in [0.4, 0.5) is 18.9 Å². The molecule has 3 heterocycles. The van der Waals surface area contributed by atoms with Crippen molar-refractivity contribution in [2.45, 2.75) is 19.2 Å². The van der Waals surface area contributed by atoms with Crippen LogP contribution in [-0.4, -0.2) is 55.0 Å². The van der Waals surface area contributed by atoms with Crippen LogP contribution in [0.25, 0.3) is 16.9 Å². The van der Waals surface area contributed by atoms with E-state index in [1.54, 1.807) is 19.1 Å². The number of carbonyl (C=O) groups excluding carboxylic acids is 1. The molecule has 12 heteroatoms. The molecule has 0 spiro atoms. The Kier molecular flexibility index (Phi) is 6.67. The number of nitrogens with zero attached hydrogens (tertiary/aromatic N) is 4. The summed E-state index contributed by atoms with van der Waals surface area (Å²) in [4.78, 5) is 21.3. The fraction of sp³-hybridized carbons (Fsp3) is 0.217. The molecule has 0 radical (unpaired) electrons. The number of imidazole rings is 1. The van der Waals surface area contributed by atoms with Gasteiger partial charge in [-0.15, -0.1) is 0 Å². The molecule has 9 nitrogen and oxygen atoms in total. The second kappa shape index (κ2) is 9.68. The summed E-state index contributed by atoms with van der Waals surface area (Å²) in [5.74, 6) is -0.638. The number of amides is 1. The molecular formula is C23H20F3N5O4. The SMILES string of the molecule is Cc1nc2c(OC[C@H](O)CO)cc(-c3ccccc3C(F)(F)F)nn2c1C(=O)Nc1cccnc1. The van der Waals surface area contributed by atoms with Crippen LogP contribution >= 0.6 is 0 Å². The highest BCUT2D eigenvalue weighted by Crippen LogP contribution is 2.37. The van der Waals surface area contributed by atoms with Crippen LogP contribution in [0, 0.1) is 6.92 Å². The van der Waals surface area contributed by atoms with Crippen LogP contribution in [0.2, 0.25) is 0 Å². The van der Waals surface area contributed by atoms with Crippen LogP contribution in [0.5, 0.6) is 5.75 Å². The van der Waals surface area contributed by atoms with Gasteiger partial charge in [0.1, 0.15) is 12.7 Å². The van der Waals surface area contributed by atoms with E-state index in [0.29, 0.717) is 5.69 Å². The Morgan fingerprint density at radius 3 is 2.69 bits per heavy atom. The van der Waals surface area contributed by atoms with Crippen LogP contribution in [0.3, 0.4) is 0 Å². The maximum atomic E-state index is 13.7. The Hall–Kier alpha value is -4.03. The second-order valence-corrected chi connectivity index (χ2v) is 7.56. The van der Waals surface area contributed by atoms with Gasteiger partial charge >= 0.3 is 6.18 Å². The lowest BCUT2D eigenvalue weighted by Crippen LogP contribution is -2.22. The van der Waals surface area contributed by atoms with E-state index < -0.39 is 30.4 Å². The number of aliphatic hydroxyl groups excluding tert-OH is 2. The van der Waals surface area contributed by atoms with Crippen molar-refractivity contribution >= 4 is 17.2 Å². The molecule has 0 bridgehead atoms. The molecule has 0 saturated carbocycles. The summed E-state index contributed by atoms with van der Waals surface area (Å²) in [6, 6.07) is 9.36. The number of aliphatic hydroxyl groups is 2. The van der Waals surface area contributed by atoms with Crippen molar-refractivity contribution in [3.05, 3.63) is 71.8 Å². The number of rotatable bonds is 7.